The number of halogens is 1. The number of rotatable bonds is 2. The van der Waals surface area contributed by atoms with E-state index < -0.39 is 0 Å². The summed E-state index contributed by atoms with van der Waals surface area (Å²) in [5, 5.41) is 3.15. The number of nitrogen functional groups attached to an aromatic ring is 1. The van der Waals surface area contributed by atoms with E-state index in [0.29, 0.717) is 5.69 Å². The van der Waals surface area contributed by atoms with Crippen LogP contribution in [0.25, 0.3) is 0 Å². The molecule has 0 fully saturated rings. The summed E-state index contributed by atoms with van der Waals surface area (Å²) in [6, 6.07) is 13.3. The lowest BCUT2D eigenvalue weighted by molar-refractivity contribution is 1.27. The number of anilines is 3. The van der Waals surface area contributed by atoms with Crippen LogP contribution in [0.15, 0.2) is 47.1 Å². The molecule has 2 aromatic rings. The van der Waals surface area contributed by atoms with E-state index in [9.17, 15) is 0 Å². The molecule has 0 aliphatic carbocycles. The first-order chi connectivity index (χ1) is 7.25. The molecule has 1 aromatic carbocycles. The lowest BCUT2D eigenvalue weighted by Gasteiger charge is -2.07. The zero-order valence-electron chi connectivity index (χ0n) is 7.94. The summed E-state index contributed by atoms with van der Waals surface area (Å²) >= 11 is 3.31. The number of nitrogens with one attached hydrogen (secondary N) is 1. The summed E-state index contributed by atoms with van der Waals surface area (Å²) in [4.78, 5) is 4.26. The second-order valence-corrected chi connectivity index (χ2v) is 3.87. The first-order valence-corrected chi connectivity index (χ1v) is 5.29. The van der Waals surface area contributed by atoms with Crippen molar-refractivity contribution >= 4 is 33.1 Å². The van der Waals surface area contributed by atoms with Gasteiger partial charge >= 0.3 is 0 Å². The van der Waals surface area contributed by atoms with Crippen molar-refractivity contribution in [3.63, 3.8) is 0 Å². The van der Waals surface area contributed by atoms with Gasteiger partial charge in [0.2, 0.25) is 0 Å². The monoisotopic (exact) mass is 263 g/mol. The molecule has 0 aliphatic rings. The van der Waals surface area contributed by atoms with Crippen molar-refractivity contribution in [1.82, 2.24) is 4.98 Å². The van der Waals surface area contributed by atoms with Crippen molar-refractivity contribution in [3.05, 3.63) is 47.1 Å². The first kappa shape index (κ1) is 9.98. The molecule has 0 bridgehead atoms. The van der Waals surface area contributed by atoms with E-state index in [1.54, 1.807) is 0 Å². The molecule has 0 amide bonds. The van der Waals surface area contributed by atoms with Gasteiger partial charge in [-0.25, -0.2) is 4.98 Å². The van der Waals surface area contributed by atoms with E-state index in [2.05, 4.69) is 26.2 Å². The SMILES string of the molecule is Nc1ccccc1Nc1cccc(Br)n1. The number of nitrogens with zero attached hydrogens (tertiary/aromatic N) is 1. The second kappa shape index (κ2) is 4.31. The first-order valence-electron chi connectivity index (χ1n) is 4.50. The van der Waals surface area contributed by atoms with Crippen LogP contribution in [-0.4, -0.2) is 4.98 Å². The third-order valence-electron chi connectivity index (χ3n) is 1.94. The van der Waals surface area contributed by atoms with E-state index in [-0.39, 0.29) is 0 Å². The maximum absolute atomic E-state index is 5.80. The normalized spacial score (nSPS) is 9.93. The van der Waals surface area contributed by atoms with Crippen LogP contribution in [0.1, 0.15) is 0 Å². The molecular weight excluding hydrogens is 254 g/mol. The molecule has 1 aromatic heterocycles. The van der Waals surface area contributed by atoms with E-state index in [1.807, 2.05) is 42.5 Å². The molecule has 0 unspecified atom stereocenters. The van der Waals surface area contributed by atoms with Gasteiger partial charge in [0.25, 0.3) is 0 Å². The fourth-order valence-electron chi connectivity index (χ4n) is 1.23. The quantitative estimate of drug-likeness (QED) is 0.647. The highest BCUT2D eigenvalue weighted by atomic mass is 79.9. The zero-order valence-corrected chi connectivity index (χ0v) is 9.53. The Bertz CT molecular complexity index is 471. The summed E-state index contributed by atoms with van der Waals surface area (Å²) in [7, 11) is 0. The highest BCUT2D eigenvalue weighted by Gasteiger charge is 1.99. The molecule has 4 heteroatoms. The molecule has 3 N–H and O–H groups in total. The minimum absolute atomic E-state index is 0.708. The Morgan fingerprint density at radius 2 is 1.87 bits per heavy atom. The van der Waals surface area contributed by atoms with Gasteiger partial charge in [-0.15, -0.1) is 0 Å². The van der Waals surface area contributed by atoms with Crippen LogP contribution in [0.5, 0.6) is 0 Å². The zero-order chi connectivity index (χ0) is 10.7. The Morgan fingerprint density at radius 1 is 1.07 bits per heavy atom. The molecule has 0 spiro atoms. The summed E-state index contributed by atoms with van der Waals surface area (Å²) in [5.74, 6) is 0.766. The van der Waals surface area contributed by atoms with Crippen LogP contribution in [0.3, 0.4) is 0 Å². The third kappa shape index (κ3) is 2.47. The van der Waals surface area contributed by atoms with Gasteiger partial charge < -0.3 is 11.1 Å². The van der Waals surface area contributed by atoms with E-state index >= 15 is 0 Å². The average Bonchev–Trinajstić information content (AvgIpc) is 2.22. The van der Waals surface area contributed by atoms with E-state index in [4.69, 9.17) is 5.73 Å². The lowest BCUT2D eigenvalue weighted by Crippen LogP contribution is -1.97. The number of aromatic nitrogens is 1. The van der Waals surface area contributed by atoms with Crippen LogP contribution >= 0.6 is 15.9 Å². The maximum Gasteiger partial charge on any atom is 0.131 e. The van der Waals surface area contributed by atoms with Gasteiger partial charge in [-0.05, 0) is 40.2 Å². The van der Waals surface area contributed by atoms with Crippen molar-refractivity contribution in [2.45, 2.75) is 0 Å². The van der Waals surface area contributed by atoms with E-state index in [0.717, 1.165) is 16.1 Å². The fourth-order valence-corrected chi connectivity index (χ4v) is 1.57. The maximum atomic E-state index is 5.80. The van der Waals surface area contributed by atoms with Gasteiger partial charge in [0.1, 0.15) is 10.4 Å². The Hall–Kier alpha value is -1.55. The highest BCUT2D eigenvalue weighted by Crippen LogP contribution is 2.21. The molecule has 0 radical (unpaired) electrons. The molecule has 15 heavy (non-hydrogen) atoms. The predicted molar refractivity (Wildman–Crippen MR) is 66.1 cm³/mol. The standard InChI is InChI=1S/C11H10BrN3/c12-10-6-3-7-11(15-10)14-9-5-2-1-4-8(9)13/h1-7H,13H2,(H,14,15). The number of para-hydroxylation sites is 2. The molecule has 76 valence electrons. The molecule has 0 saturated heterocycles. The van der Waals surface area contributed by atoms with Gasteiger partial charge in [0, 0.05) is 0 Å². The Labute approximate surface area is 96.5 Å². The largest absolute Gasteiger partial charge is 0.397 e. The molecular formula is C11H10BrN3. The van der Waals surface area contributed by atoms with Crippen LogP contribution in [-0.2, 0) is 0 Å². The van der Waals surface area contributed by atoms with Gasteiger partial charge in [-0.2, -0.15) is 0 Å². The van der Waals surface area contributed by atoms with Crippen molar-refractivity contribution in [1.29, 1.82) is 0 Å². The molecule has 2 rings (SSSR count). The van der Waals surface area contributed by atoms with Crippen LogP contribution in [0.2, 0.25) is 0 Å². The Kier molecular flexibility index (Phi) is 2.87. The van der Waals surface area contributed by atoms with E-state index in [1.165, 1.54) is 0 Å². The summed E-state index contributed by atoms with van der Waals surface area (Å²) in [6.45, 7) is 0. The third-order valence-corrected chi connectivity index (χ3v) is 2.38. The summed E-state index contributed by atoms with van der Waals surface area (Å²) in [6.07, 6.45) is 0. The van der Waals surface area contributed by atoms with Crippen molar-refractivity contribution in [3.8, 4) is 0 Å². The number of nitrogens with two attached hydrogens (primary N) is 1. The topological polar surface area (TPSA) is 50.9 Å². The van der Waals surface area contributed by atoms with Gasteiger partial charge in [-0.1, -0.05) is 18.2 Å². The Balaban J connectivity index is 2.26. The van der Waals surface area contributed by atoms with Crippen molar-refractivity contribution < 1.29 is 0 Å². The minimum Gasteiger partial charge on any atom is -0.397 e. The van der Waals surface area contributed by atoms with Crippen LogP contribution in [0, 0.1) is 0 Å². The molecule has 0 atom stereocenters. The lowest BCUT2D eigenvalue weighted by atomic mass is 10.2. The van der Waals surface area contributed by atoms with Crippen molar-refractivity contribution in [2.24, 2.45) is 0 Å². The van der Waals surface area contributed by atoms with Gasteiger partial charge in [0.15, 0.2) is 0 Å². The predicted octanol–water partition coefficient (Wildman–Crippen LogP) is 3.17. The van der Waals surface area contributed by atoms with Gasteiger partial charge in [-0.3, -0.25) is 0 Å². The molecule has 0 aliphatic heterocycles. The summed E-state index contributed by atoms with van der Waals surface area (Å²) < 4.78 is 0.794. The summed E-state index contributed by atoms with van der Waals surface area (Å²) in [5.41, 5.74) is 7.38. The fraction of sp³-hybridized carbons (Fsp3) is 0. The smallest absolute Gasteiger partial charge is 0.131 e. The number of pyridine rings is 1. The highest BCUT2D eigenvalue weighted by molar-refractivity contribution is 9.10. The van der Waals surface area contributed by atoms with Crippen LogP contribution in [0.4, 0.5) is 17.2 Å². The average molecular weight is 264 g/mol. The minimum atomic E-state index is 0.708. The molecule has 1 heterocycles. The molecule has 0 saturated carbocycles. The van der Waals surface area contributed by atoms with Crippen LogP contribution < -0.4 is 11.1 Å². The van der Waals surface area contributed by atoms with Gasteiger partial charge in [0.05, 0.1) is 11.4 Å². The number of benzene rings is 1. The number of hydrogen-bond acceptors (Lipinski definition) is 3. The Morgan fingerprint density at radius 3 is 2.60 bits per heavy atom. The molecule has 3 nitrogen and oxygen atoms in total. The second-order valence-electron chi connectivity index (χ2n) is 3.06. The van der Waals surface area contributed by atoms with Crippen molar-refractivity contribution in [2.75, 3.05) is 11.1 Å². The number of hydrogen-bond donors (Lipinski definition) is 2.